The minimum Gasteiger partial charge on any atom is -0.388 e. The molecular weight excluding hydrogens is 250 g/mol. The van der Waals surface area contributed by atoms with E-state index in [-0.39, 0.29) is 5.91 Å². The van der Waals surface area contributed by atoms with Crippen LogP contribution in [0.15, 0.2) is 54.6 Å². The standard InChI is InChI=1S/C17H19NO2/c1-13-7-9-15(10-8-13)18-17(20)12-11-16(19)14-5-3-2-4-6-14/h2-10,16,19H,11-12H2,1H3,(H,18,20). The molecule has 3 nitrogen and oxygen atoms in total. The summed E-state index contributed by atoms with van der Waals surface area (Å²) >= 11 is 0. The first-order valence-electron chi connectivity index (χ1n) is 6.74. The second kappa shape index (κ2) is 6.87. The second-order valence-electron chi connectivity index (χ2n) is 4.88. The molecule has 1 atom stereocenters. The van der Waals surface area contributed by atoms with Gasteiger partial charge in [-0.3, -0.25) is 4.79 Å². The van der Waals surface area contributed by atoms with Gasteiger partial charge in [-0.1, -0.05) is 48.0 Å². The topological polar surface area (TPSA) is 49.3 Å². The van der Waals surface area contributed by atoms with Gasteiger partial charge in [0, 0.05) is 12.1 Å². The van der Waals surface area contributed by atoms with Crippen molar-refractivity contribution >= 4 is 11.6 Å². The lowest BCUT2D eigenvalue weighted by atomic mass is 10.0. The number of carbonyl (C=O) groups is 1. The lowest BCUT2D eigenvalue weighted by Crippen LogP contribution is -2.12. The van der Waals surface area contributed by atoms with E-state index in [1.807, 2.05) is 61.5 Å². The predicted molar refractivity (Wildman–Crippen MR) is 80.4 cm³/mol. The number of aliphatic hydroxyl groups is 1. The van der Waals surface area contributed by atoms with Crippen LogP contribution in [-0.2, 0) is 4.79 Å². The summed E-state index contributed by atoms with van der Waals surface area (Å²) in [5.41, 5.74) is 2.79. The van der Waals surface area contributed by atoms with Gasteiger partial charge >= 0.3 is 0 Å². The normalized spacial score (nSPS) is 11.9. The van der Waals surface area contributed by atoms with Crippen molar-refractivity contribution in [1.29, 1.82) is 0 Å². The number of amides is 1. The van der Waals surface area contributed by atoms with Crippen LogP contribution in [0.3, 0.4) is 0 Å². The third-order valence-corrected chi connectivity index (χ3v) is 3.16. The van der Waals surface area contributed by atoms with Gasteiger partial charge < -0.3 is 10.4 Å². The number of aliphatic hydroxyl groups excluding tert-OH is 1. The number of anilines is 1. The minimum absolute atomic E-state index is 0.0798. The average Bonchev–Trinajstić information content (AvgIpc) is 2.48. The Balaban J connectivity index is 1.82. The number of hydrogen-bond acceptors (Lipinski definition) is 2. The van der Waals surface area contributed by atoms with Gasteiger partial charge in [0.2, 0.25) is 5.91 Å². The van der Waals surface area contributed by atoms with Crippen molar-refractivity contribution in [2.24, 2.45) is 0 Å². The Morgan fingerprint density at radius 1 is 1.10 bits per heavy atom. The van der Waals surface area contributed by atoms with E-state index >= 15 is 0 Å². The smallest absolute Gasteiger partial charge is 0.224 e. The molecule has 2 N–H and O–H groups in total. The largest absolute Gasteiger partial charge is 0.388 e. The summed E-state index contributed by atoms with van der Waals surface area (Å²) in [4.78, 5) is 11.8. The first-order valence-corrected chi connectivity index (χ1v) is 6.74. The van der Waals surface area contributed by atoms with Gasteiger partial charge in [-0.25, -0.2) is 0 Å². The molecule has 2 rings (SSSR count). The average molecular weight is 269 g/mol. The molecule has 0 saturated carbocycles. The van der Waals surface area contributed by atoms with E-state index in [2.05, 4.69) is 5.32 Å². The molecule has 0 fully saturated rings. The fourth-order valence-corrected chi connectivity index (χ4v) is 1.97. The SMILES string of the molecule is Cc1ccc(NC(=O)CCC(O)c2ccccc2)cc1. The lowest BCUT2D eigenvalue weighted by molar-refractivity contribution is -0.116. The maximum Gasteiger partial charge on any atom is 0.224 e. The van der Waals surface area contributed by atoms with Crippen LogP contribution in [-0.4, -0.2) is 11.0 Å². The van der Waals surface area contributed by atoms with Crippen LogP contribution in [0.25, 0.3) is 0 Å². The van der Waals surface area contributed by atoms with Crippen LogP contribution in [0.5, 0.6) is 0 Å². The molecule has 2 aromatic carbocycles. The Morgan fingerprint density at radius 2 is 1.75 bits per heavy atom. The highest BCUT2D eigenvalue weighted by molar-refractivity contribution is 5.90. The van der Waals surface area contributed by atoms with E-state index in [0.717, 1.165) is 16.8 Å². The van der Waals surface area contributed by atoms with Crippen LogP contribution in [0.2, 0.25) is 0 Å². The van der Waals surface area contributed by atoms with E-state index in [1.165, 1.54) is 0 Å². The molecule has 1 unspecified atom stereocenters. The monoisotopic (exact) mass is 269 g/mol. The Labute approximate surface area is 119 Å². The highest BCUT2D eigenvalue weighted by Gasteiger charge is 2.10. The Morgan fingerprint density at radius 3 is 2.40 bits per heavy atom. The van der Waals surface area contributed by atoms with Crippen LogP contribution in [0.1, 0.15) is 30.1 Å². The van der Waals surface area contributed by atoms with Gasteiger partial charge in [-0.2, -0.15) is 0 Å². The van der Waals surface area contributed by atoms with Crippen molar-refractivity contribution in [3.63, 3.8) is 0 Å². The van der Waals surface area contributed by atoms with Crippen LogP contribution >= 0.6 is 0 Å². The zero-order valence-corrected chi connectivity index (χ0v) is 11.5. The van der Waals surface area contributed by atoms with Gasteiger partial charge in [-0.05, 0) is 31.0 Å². The summed E-state index contributed by atoms with van der Waals surface area (Å²) in [5.74, 6) is -0.0798. The minimum atomic E-state index is -0.597. The number of benzene rings is 2. The van der Waals surface area contributed by atoms with Gasteiger partial charge in [0.25, 0.3) is 0 Å². The van der Waals surface area contributed by atoms with Crippen LogP contribution < -0.4 is 5.32 Å². The molecule has 0 bridgehead atoms. The summed E-state index contributed by atoms with van der Waals surface area (Å²) in [5, 5.41) is 12.8. The molecule has 1 amide bonds. The quantitative estimate of drug-likeness (QED) is 0.873. The molecule has 0 aromatic heterocycles. The third-order valence-electron chi connectivity index (χ3n) is 3.16. The van der Waals surface area contributed by atoms with Crippen molar-refractivity contribution in [3.8, 4) is 0 Å². The third kappa shape index (κ3) is 4.21. The molecule has 0 spiro atoms. The zero-order chi connectivity index (χ0) is 14.4. The fraction of sp³-hybridized carbons (Fsp3) is 0.235. The Bertz CT molecular complexity index is 549. The molecular formula is C17H19NO2. The van der Waals surface area contributed by atoms with E-state index in [4.69, 9.17) is 0 Å². The van der Waals surface area contributed by atoms with E-state index in [9.17, 15) is 9.90 Å². The number of nitrogens with one attached hydrogen (secondary N) is 1. The summed E-state index contributed by atoms with van der Waals surface area (Å²) in [7, 11) is 0. The lowest BCUT2D eigenvalue weighted by Gasteiger charge is -2.11. The maximum atomic E-state index is 11.8. The van der Waals surface area contributed by atoms with Gasteiger partial charge in [0.1, 0.15) is 0 Å². The van der Waals surface area contributed by atoms with E-state index in [1.54, 1.807) is 0 Å². The van der Waals surface area contributed by atoms with Crippen molar-refractivity contribution in [2.45, 2.75) is 25.9 Å². The number of carbonyl (C=O) groups excluding carboxylic acids is 1. The molecule has 2 aromatic rings. The number of hydrogen-bond donors (Lipinski definition) is 2. The summed E-state index contributed by atoms with van der Waals surface area (Å²) in [6.45, 7) is 2.00. The molecule has 0 saturated heterocycles. The van der Waals surface area contributed by atoms with Gasteiger partial charge in [0.05, 0.1) is 6.10 Å². The van der Waals surface area contributed by atoms with E-state index < -0.39 is 6.10 Å². The molecule has 0 aliphatic carbocycles. The first kappa shape index (κ1) is 14.3. The molecule has 104 valence electrons. The van der Waals surface area contributed by atoms with Crippen LogP contribution in [0.4, 0.5) is 5.69 Å². The Kier molecular flexibility index (Phi) is 4.91. The summed E-state index contributed by atoms with van der Waals surface area (Å²) in [6, 6.07) is 17.0. The zero-order valence-electron chi connectivity index (χ0n) is 11.5. The second-order valence-corrected chi connectivity index (χ2v) is 4.88. The van der Waals surface area contributed by atoms with Crippen molar-refractivity contribution in [2.75, 3.05) is 5.32 Å². The Hall–Kier alpha value is -2.13. The molecule has 20 heavy (non-hydrogen) atoms. The first-order chi connectivity index (χ1) is 9.65. The summed E-state index contributed by atoms with van der Waals surface area (Å²) < 4.78 is 0. The molecule has 0 aliphatic heterocycles. The highest BCUT2D eigenvalue weighted by Crippen LogP contribution is 2.18. The van der Waals surface area contributed by atoms with Crippen molar-refractivity contribution in [3.05, 3.63) is 65.7 Å². The molecule has 0 aliphatic rings. The maximum absolute atomic E-state index is 11.8. The van der Waals surface area contributed by atoms with Crippen LogP contribution in [0, 0.1) is 6.92 Å². The van der Waals surface area contributed by atoms with Crippen molar-refractivity contribution in [1.82, 2.24) is 0 Å². The molecule has 3 heteroatoms. The highest BCUT2D eigenvalue weighted by atomic mass is 16.3. The predicted octanol–water partition coefficient (Wildman–Crippen LogP) is 3.45. The van der Waals surface area contributed by atoms with E-state index in [0.29, 0.717) is 12.8 Å². The number of rotatable bonds is 5. The van der Waals surface area contributed by atoms with Crippen molar-refractivity contribution < 1.29 is 9.90 Å². The van der Waals surface area contributed by atoms with Gasteiger partial charge in [0.15, 0.2) is 0 Å². The molecule has 0 heterocycles. The fourth-order valence-electron chi connectivity index (χ4n) is 1.97. The summed E-state index contributed by atoms with van der Waals surface area (Å²) in [6.07, 6.45) is 0.117. The van der Waals surface area contributed by atoms with Gasteiger partial charge in [-0.15, -0.1) is 0 Å². The number of aryl methyl sites for hydroxylation is 1. The molecule has 0 radical (unpaired) electrons.